The summed E-state index contributed by atoms with van der Waals surface area (Å²) in [7, 11) is 1.56. The van der Waals surface area contributed by atoms with Gasteiger partial charge in [-0.05, 0) is 24.1 Å². The number of nitrogen functional groups attached to an aromatic ring is 1. The normalized spacial score (nSPS) is 10.1. The first-order valence-corrected chi connectivity index (χ1v) is 6.48. The molecule has 6 heteroatoms. The fourth-order valence-electron chi connectivity index (χ4n) is 1.56. The van der Waals surface area contributed by atoms with E-state index in [1.54, 1.807) is 19.2 Å². The third-order valence-electron chi connectivity index (χ3n) is 2.69. The van der Waals surface area contributed by atoms with Crippen molar-refractivity contribution in [1.29, 1.82) is 0 Å². The minimum atomic E-state index is -0.220. The predicted octanol–water partition coefficient (Wildman–Crippen LogP) is 0.0802. The van der Waals surface area contributed by atoms with E-state index < -0.39 is 0 Å². The molecule has 0 aromatic heterocycles. The van der Waals surface area contributed by atoms with Gasteiger partial charge in [0.15, 0.2) is 0 Å². The molecule has 0 unspecified atom stereocenters. The standard InChI is InChI=1S/C14H21N3O3/c1-20-9-8-16-14(19)10-17-13(18)7-4-11-2-5-12(15)6-3-11/h2-3,5-6H,4,7-10,15H2,1H3,(H,16,19)(H,17,18). The predicted molar refractivity (Wildman–Crippen MR) is 77.1 cm³/mol. The minimum absolute atomic E-state index is 0.00964. The van der Waals surface area contributed by atoms with Gasteiger partial charge in [-0.2, -0.15) is 0 Å². The number of anilines is 1. The molecule has 0 aliphatic heterocycles. The summed E-state index contributed by atoms with van der Waals surface area (Å²) >= 11 is 0. The molecule has 2 amide bonds. The van der Waals surface area contributed by atoms with Gasteiger partial charge in [0.25, 0.3) is 0 Å². The highest BCUT2D eigenvalue weighted by Gasteiger charge is 2.05. The van der Waals surface area contributed by atoms with Crippen LogP contribution in [0.1, 0.15) is 12.0 Å². The molecule has 1 aromatic carbocycles. The fourth-order valence-corrected chi connectivity index (χ4v) is 1.56. The van der Waals surface area contributed by atoms with Gasteiger partial charge < -0.3 is 21.1 Å². The van der Waals surface area contributed by atoms with Crippen LogP contribution in [0.3, 0.4) is 0 Å². The first-order valence-electron chi connectivity index (χ1n) is 6.48. The molecule has 0 saturated carbocycles. The van der Waals surface area contributed by atoms with Gasteiger partial charge in [-0.25, -0.2) is 0 Å². The molecule has 4 N–H and O–H groups in total. The summed E-state index contributed by atoms with van der Waals surface area (Å²) in [5, 5.41) is 5.20. The van der Waals surface area contributed by atoms with Gasteiger partial charge >= 0.3 is 0 Å². The maximum absolute atomic E-state index is 11.6. The van der Waals surface area contributed by atoms with Crippen LogP contribution in [0.4, 0.5) is 5.69 Å². The minimum Gasteiger partial charge on any atom is -0.399 e. The number of hydrogen-bond donors (Lipinski definition) is 3. The second kappa shape index (κ2) is 8.92. The number of rotatable bonds is 8. The highest BCUT2D eigenvalue weighted by atomic mass is 16.5. The summed E-state index contributed by atoms with van der Waals surface area (Å²) in [4.78, 5) is 22.9. The van der Waals surface area contributed by atoms with E-state index in [0.29, 0.717) is 31.7 Å². The molecule has 6 nitrogen and oxygen atoms in total. The van der Waals surface area contributed by atoms with Gasteiger partial charge in [-0.1, -0.05) is 12.1 Å². The fraction of sp³-hybridized carbons (Fsp3) is 0.429. The Hall–Kier alpha value is -2.08. The van der Waals surface area contributed by atoms with Gasteiger partial charge in [0, 0.05) is 25.8 Å². The molecule has 0 aliphatic rings. The maximum atomic E-state index is 11.6. The van der Waals surface area contributed by atoms with E-state index in [4.69, 9.17) is 10.5 Å². The maximum Gasteiger partial charge on any atom is 0.239 e. The average molecular weight is 279 g/mol. The number of benzene rings is 1. The molecular weight excluding hydrogens is 258 g/mol. The van der Waals surface area contributed by atoms with Crippen LogP contribution in [0.5, 0.6) is 0 Å². The van der Waals surface area contributed by atoms with E-state index in [0.717, 1.165) is 5.56 Å². The number of carbonyl (C=O) groups excluding carboxylic acids is 2. The van der Waals surface area contributed by atoms with Crippen molar-refractivity contribution in [2.45, 2.75) is 12.8 Å². The molecule has 0 fully saturated rings. The summed E-state index contributed by atoms with van der Waals surface area (Å²) < 4.78 is 4.80. The Morgan fingerprint density at radius 1 is 1.15 bits per heavy atom. The SMILES string of the molecule is COCCNC(=O)CNC(=O)CCc1ccc(N)cc1. The van der Waals surface area contributed by atoms with Gasteiger partial charge in [0.1, 0.15) is 0 Å². The third kappa shape index (κ3) is 6.75. The Morgan fingerprint density at radius 3 is 2.50 bits per heavy atom. The van der Waals surface area contributed by atoms with Crippen molar-refractivity contribution in [3.05, 3.63) is 29.8 Å². The van der Waals surface area contributed by atoms with Crippen LogP contribution in [0.25, 0.3) is 0 Å². The second-order valence-electron chi connectivity index (χ2n) is 4.36. The molecule has 0 aliphatic carbocycles. The van der Waals surface area contributed by atoms with Crippen LogP contribution in [0.15, 0.2) is 24.3 Å². The van der Waals surface area contributed by atoms with E-state index in [-0.39, 0.29) is 18.4 Å². The Bertz CT molecular complexity index is 432. The Kier molecular flexibility index (Phi) is 7.13. The molecule has 0 bridgehead atoms. The molecule has 110 valence electrons. The van der Waals surface area contributed by atoms with E-state index in [1.807, 2.05) is 12.1 Å². The van der Waals surface area contributed by atoms with Crippen LogP contribution in [0, 0.1) is 0 Å². The number of methoxy groups -OCH3 is 1. The number of nitrogens with two attached hydrogens (primary N) is 1. The van der Waals surface area contributed by atoms with Crippen molar-refractivity contribution in [2.24, 2.45) is 0 Å². The lowest BCUT2D eigenvalue weighted by molar-refractivity contribution is -0.126. The summed E-state index contributed by atoms with van der Waals surface area (Å²) in [6.07, 6.45) is 0.965. The zero-order chi connectivity index (χ0) is 14.8. The second-order valence-corrected chi connectivity index (χ2v) is 4.36. The summed E-state index contributed by atoms with van der Waals surface area (Å²) in [6.45, 7) is 0.887. The number of ether oxygens (including phenoxy) is 1. The smallest absolute Gasteiger partial charge is 0.239 e. The first kappa shape index (κ1) is 16.0. The highest BCUT2D eigenvalue weighted by molar-refractivity contribution is 5.84. The average Bonchev–Trinajstić information content (AvgIpc) is 2.45. The van der Waals surface area contributed by atoms with Crippen LogP contribution >= 0.6 is 0 Å². The number of carbonyl (C=O) groups is 2. The van der Waals surface area contributed by atoms with E-state index in [1.165, 1.54) is 0 Å². The Labute approximate surface area is 118 Å². The molecule has 1 aromatic rings. The molecule has 0 atom stereocenters. The lowest BCUT2D eigenvalue weighted by Crippen LogP contribution is -2.38. The van der Waals surface area contributed by atoms with E-state index in [9.17, 15) is 9.59 Å². The topological polar surface area (TPSA) is 93.5 Å². The largest absolute Gasteiger partial charge is 0.399 e. The monoisotopic (exact) mass is 279 g/mol. The first-order chi connectivity index (χ1) is 9.61. The summed E-state index contributed by atoms with van der Waals surface area (Å²) in [6, 6.07) is 7.38. The van der Waals surface area contributed by atoms with Gasteiger partial charge in [0.05, 0.1) is 13.2 Å². The number of aryl methyl sites for hydroxylation is 1. The van der Waals surface area contributed by atoms with Crippen molar-refractivity contribution in [2.75, 3.05) is 32.5 Å². The van der Waals surface area contributed by atoms with Crippen molar-refractivity contribution >= 4 is 17.5 Å². The Morgan fingerprint density at radius 2 is 1.85 bits per heavy atom. The summed E-state index contributed by atoms with van der Waals surface area (Å²) in [5.41, 5.74) is 7.32. The van der Waals surface area contributed by atoms with Crippen molar-refractivity contribution < 1.29 is 14.3 Å². The van der Waals surface area contributed by atoms with Crippen LogP contribution in [-0.2, 0) is 20.7 Å². The number of nitrogens with one attached hydrogen (secondary N) is 2. The molecular formula is C14H21N3O3. The lowest BCUT2D eigenvalue weighted by Gasteiger charge is -2.06. The zero-order valence-corrected chi connectivity index (χ0v) is 11.6. The van der Waals surface area contributed by atoms with Crippen molar-refractivity contribution in [1.82, 2.24) is 10.6 Å². The van der Waals surface area contributed by atoms with Crippen LogP contribution in [0.2, 0.25) is 0 Å². The Balaban J connectivity index is 2.17. The third-order valence-corrected chi connectivity index (χ3v) is 2.69. The number of hydrogen-bond acceptors (Lipinski definition) is 4. The van der Waals surface area contributed by atoms with E-state index in [2.05, 4.69) is 10.6 Å². The quantitative estimate of drug-likeness (QED) is 0.464. The molecule has 1 rings (SSSR count). The van der Waals surface area contributed by atoms with Gasteiger partial charge in [-0.3, -0.25) is 9.59 Å². The number of amides is 2. The molecule has 0 radical (unpaired) electrons. The van der Waals surface area contributed by atoms with E-state index >= 15 is 0 Å². The van der Waals surface area contributed by atoms with Crippen molar-refractivity contribution in [3.63, 3.8) is 0 Å². The van der Waals surface area contributed by atoms with Gasteiger partial charge in [-0.15, -0.1) is 0 Å². The zero-order valence-electron chi connectivity index (χ0n) is 11.6. The summed E-state index contributed by atoms with van der Waals surface area (Å²) in [5.74, 6) is -0.369. The van der Waals surface area contributed by atoms with Crippen molar-refractivity contribution in [3.8, 4) is 0 Å². The lowest BCUT2D eigenvalue weighted by atomic mass is 10.1. The molecule has 0 saturated heterocycles. The van der Waals surface area contributed by atoms with Crippen LogP contribution in [-0.4, -0.2) is 38.6 Å². The highest BCUT2D eigenvalue weighted by Crippen LogP contribution is 2.07. The van der Waals surface area contributed by atoms with Gasteiger partial charge in [0.2, 0.25) is 11.8 Å². The molecule has 0 spiro atoms. The molecule has 0 heterocycles. The van der Waals surface area contributed by atoms with Crippen LogP contribution < -0.4 is 16.4 Å². The molecule has 20 heavy (non-hydrogen) atoms.